The number of nitro benzene ring substituents is 1. The van der Waals surface area contributed by atoms with Crippen molar-refractivity contribution in [3.8, 4) is 5.69 Å². The molecule has 0 aliphatic heterocycles. The van der Waals surface area contributed by atoms with Gasteiger partial charge in [-0.05, 0) is 30.4 Å². The van der Waals surface area contributed by atoms with Gasteiger partial charge in [-0.3, -0.25) is 10.1 Å². The predicted molar refractivity (Wildman–Crippen MR) is 75.6 cm³/mol. The Hall–Kier alpha value is -2.77. The second-order valence-electron chi connectivity index (χ2n) is 5.37. The summed E-state index contributed by atoms with van der Waals surface area (Å²) in [6, 6.07) is 4.15. The molecule has 1 saturated carbocycles. The van der Waals surface area contributed by atoms with Crippen molar-refractivity contribution in [3.05, 3.63) is 46.5 Å². The number of esters is 1. The van der Waals surface area contributed by atoms with Crippen molar-refractivity contribution in [2.24, 2.45) is 11.8 Å². The number of hydrogen-bond donors (Lipinski definition) is 0. The van der Waals surface area contributed by atoms with Crippen molar-refractivity contribution in [3.63, 3.8) is 0 Å². The van der Waals surface area contributed by atoms with E-state index in [2.05, 4.69) is 17.0 Å². The minimum absolute atomic E-state index is 0.156. The maximum absolute atomic E-state index is 12.0. The number of nitrogens with zero attached hydrogens (tertiary/aromatic N) is 4. The van der Waals surface area contributed by atoms with Gasteiger partial charge in [-0.25, -0.2) is 14.5 Å². The normalized spacial score (nSPS) is 19.7. The average molecular weight is 302 g/mol. The Balaban J connectivity index is 1.82. The minimum atomic E-state index is -0.559. The van der Waals surface area contributed by atoms with Crippen molar-refractivity contribution >= 4 is 11.7 Å². The van der Waals surface area contributed by atoms with Gasteiger partial charge in [-0.15, -0.1) is 0 Å². The molecule has 8 heteroatoms. The van der Waals surface area contributed by atoms with Crippen molar-refractivity contribution in [1.82, 2.24) is 14.8 Å². The SMILES string of the molecule is C[C@@H]1C[C@@H]1COC(=O)c1ccc(-n2cncn2)c([N+](=O)[O-])c1. The van der Waals surface area contributed by atoms with Crippen LogP contribution in [0.4, 0.5) is 5.69 Å². The van der Waals surface area contributed by atoms with Gasteiger partial charge in [0.25, 0.3) is 5.69 Å². The van der Waals surface area contributed by atoms with Crippen LogP contribution < -0.4 is 0 Å². The summed E-state index contributed by atoms with van der Waals surface area (Å²) in [5.41, 5.74) is 0.179. The number of carbonyl (C=O) groups excluding carboxylic acids is 1. The van der Waals surface area contributed by atoms with Gasteiger partial charge >= 0.3 is 5.97 Å². The van der Waals surface area contributed by atoms with Gasteiger partial charge in [0.05, 0.1) is 17.1 Å². The molecule has 114 valence electrons. The second kappa shape index (κ2) is 5.55. The van der Waals surface area contributed by atoms with E-state index in [0.717, 1.165) is 6.42 Å². The van der Waals surface area contributed by atoms with Crippen LogP contribution in [0.1, 0.15) is 23.7 Å². The maximum atomic E-state index is 12.0. The standard InChI is InChI=1S/C14H14N4O4/c1-9-4-11(9)6-22-14(19)10-2-3-12(13(5-10)18(20)21)17-8-15-7-16-17/h2-3,5,7-9,11H,4,6H2,1H3/t9-,11-/m1/s1. The molecule has 0 radical (unpaired) electrons. The minimum Gasteiger partial charge on any atom is -0.462 e. The van der Waals surface area contributed by atoms with Crippen molar-refractivity contribution in [2.75, 3.05) is 6.61 Å². The van der Waals surface area contributed by atoms with Crippen molar-refractivity contribution in [2.45, 2.75) is 13.3 Å². The largest absolute Gasteiger partial charge is 0.462 e. The first-order valence-electron chi connectivity index (χ1n) is 6.87. The third-order valence-electron chi connectivity index (χ3n) is 3.78. The predicted octanol–water partition coefficient (Wildman–Crippen LogP) is 1.99. The topological polar surface area (TPSA) is 100 Å². The molecule has 1 aliphatic carbocycles. The van der Waals surface area contributed by atoms with Gasteiger partial charge in [-0.2, -0.15) is 5.10 Å². The number of aromatic nitrogens is 3. The highest BCUT2D eigenvalue weighted by molar-refractivity contribution is 5.90. The lowest BCUT2D eigenvalue weighted by atomic mass is 10.1. The van der Waals surface area contributed by atoms with Crippen LogP contribution in [0.2, 0.25) is 0 Å². The number of ether oxygens (including phenoxy) is 1. The molecule has 1 aromatic heterocycles. The fraction of sp³-hybridized carbons (Fsp3) is 0.357. The summed E-state index contributed by atoms with van der Waals surface area (Å²) in [6.45, 7) is 2.45. The third kappa shape index (κ3) is 2.80. The zero-order valence-corrected chi connectivity index (χ0v) is 11.9. The van der Waals surface area contributed by atoms with Crippen molar-refractivity contribution in [1.29, 1.82) is 0 Å². The highest BCUT2D eigenvalue weighted by atomic mass is 16.6. The Kier molecular flexibility index (Phi) is 3.58. The molecule has 0 bridgehead atoms. The zero-order chi connectivity index (χ0) is 15.7. The Morgan fingerprint density at radius 2 is 2.32 bits per heavy atom. The Bertz CT molecular complexity index is 714. The van der Waals surface area contributed by atoms with Crippen LogP contribution >= 0.6 is 0 Å². The van der Waals surface area contributed by atoms with Crippen LogP contribution in [0, 0.1) is 22.0 Å². The smallest absolute Gasteiger partial charge is 0.338 e. The van der Waals surface area contributed by atoms with Crippen LogP contribution in [0.15, 0.2) is 30.9 Å². The molecule has 1 aliphatic rings. The van der Waals surface area contributed by atoms with Crippen LogP contribution in [-0.4, -0.2) is 32.3 Å². The van der Waals surface area contributed by atoms with E-state index in [1.807, 2.05) is 0 Å². The summed E-state index contributed by atoms with van der Waals surface area (Å²) in [4.78, 5) is 26.4. The number of carbonyl (C=O) groups is 1. The quantitative estimate of drug-likeness (QED) is 0.475. The van der Waals surface area contributed by atoms with Gasteiger partial charge < -0.3 is 4.74 Å². The lowest BCUT2D eigenvalue weighted by Gasteiger charge is -2.06. The van der Waals surface area contributed by atoms with Gasteiger partial charge in [0.2, 0.25) is 0 Å². The number of benzene rings is 1. The summed E-state index contributed by atoms with van der Waals surface area (Å²) < 4.78 is 6.47. The molecule has 0 saturated heterocycles. The molecule has 1 heterocycles. The third-order valence-corrected chi connectivity index (χ3v) is 3.78. The fourth-order valence-electron chi connectivity index (χ4n) is 2.22. The molecule has 0 amide bonds. The highest BCUT2D eigenvalue weighted by Crippen LogP contribution is 2.37. The Morgan fingerprint density at radius 3 is 2.91 bits per heavy atom. The average Bonchev–Trinajstić information content (AvgIpc) is 2.99. The second-order valence-corrected chi connectivity index (χ2v) is 5.37. The van der Waals surface area contributed by atoms with Gasteiger partial charge in [0.1, 0.15) is 18.3 Å². The van der Waals surface area contributed by atoms with Gasteiger partial charge in [0, 0.05) is 6.07 Å². The molecular weight excluding hydrogens is 288 g/mol. The van der Waals surface area contributed by atoms with E-state index in [4.69, 9.17) is 4.74 Å². The molecule has 8 nitrogen and oxygen atoms in total. The number of hydrogen-bond acceptors (Lipinski definition) is 6. The molecular formula is C14H14N4O4. The van der Waals surface area contributed by atoms with E-state index >= 15 is 0 Å². The van der Waals surface area contributed by atoms with Gasteiger partial charge in [-0.1, -0.05) is 6.92 Å². The lowest BCUT2D eigenvalue weighted by Crippen LogP contribution is -2.09. The van der Waals surface area contributed by atoms with Crippen LogP contribution in [-0.2, 0) is 4.74 Å². The maximum Gasteiger partial charge on any atom is 0.338 e. The summed E-state index contributed by atoms with van der Waals surface area (Å²) in [5.74, 6) is 0.442. The lowest BCUT2D eigenvalue weighted by molar-refractivity contribution is -0.384. The first-order chi connectivity index (χ1) is 10.6. The first kappa shape index (κ1) is 14.2. The first-order valence-corrected chi connectivity index (χ1v) is 6.87. The molecule has 22 heavy (non-hydrogen) atoms. The highest BCUT2D eigenvalue weighted by Gasteiger charge is 2.33. The van der Waals surface area contributed by atoms with E-state index in [-0.39, 0.29) is 16.9 Å². The zero-order valence-electron chi connectivity index (χ0n) is 11.9. The van der Waals surface area contributed by atoms with Gasteiger partial charge in [0.15, 0.2) is 0 Å². The molecule has 2 atom stereocenters. The van der Waals surface area contributed by atoms with E-state index in [1.54, 1.807) is 0 Å². The van der Waals surface area contributed by atoms with Crippen LogP contribution in [0.25, 0.3) is 5.69 Å². The fourth-order valence-corrected chi connectivity index (χ4v) is 2.22. The summed E-state index contributed by atoms with van der Waals surface area (Å²) in [6.07, 6.45) is 3.69. The van der Waals surface area contributed by atoms with E-state index in [1.165, 1.54) is 35.5 Å². The molecule has 0 spiro atoms. The molecule has 1 fully saturated rings. The van der Waals surface area contributed by atoms with Crippen molar-refractivity contribution < 1.29 is 14.5 Å². The number of nitro groups is 1. The summed E-state index contributed by atoms with van der Waals surface area (Å²) >= 11 is 0. The monoisotopic (exact) mass is 302 g/mol. The van der Waals surface area contributed by atoms with E-state index in [0.29, 0.717) is 18.4 Å². The number of rotatable bonds is 5. The molecule has 0 unspecified atom stereocenters. The molecule has 3 rings (SSSR count). The Morgan fingerprint density at radius 1 is 1.55 bits per heavy atom. The molecule has 0 N–H and O–H groups in total. The molecule has 1 aromatic carbocycles. The summed E-state index contributed by atoms with van der Waals surface area (Å²) in [7, 11) is 0. The van der Waals surface area contributed by atoms with Crippen LogP contribution in [0.5, 0.6) is 0 Å². The molecule has 2 aromatic rings. The summed E-state index contributed by atoms with van der Waals surface area (Å²) in [5, 5.41) is 15.1. The Labute approximate surface area is 125 Å². The van der Waals surface area contributed by atoms with E-state index in [9.17, 15) is 14.9 Å². The van der Waals surface area contributed by atoms with Crippen LogP contribution in [0.3, 0.4) is 0 Å². The van der Waals surface area contributed by atoms with E-state index < -0.39 is 10.9 Å².